The molecule has 2 aromatic rings. The van der Waals surface area contributed by atoms with Gasteiger partial charge in [0.15, 0.2) is 5.82 Å². The van der Waals surface area contributed by atoms with E-state index in [0.29, 0.717) is 6.54 Å². The predicted octanol–water partition coefficient (Wildman–Crippen LogP) is 1.54. The van der Waals surface area contributed by atoms with Gasteiger partial charge in [-0.1, -0.05) is 0 Å². The van der Waals surface area contributed by atoms with Crippen molar-refractivity contribution in [2.75, 3.05) is 6.61 Å². The van der Waals surface area contributed by atoms with Crippen molar-refractivity contribution in [3.8, 4) is 0 Å². The van der Waals surface area contributed by atoms with Gasteiger partial charge in [0.2, 0.25) is 5.91 Å². The van der Waals surface area contributed by atoms with Gasteiger partial charge in [0.05, 0.1) is 6.20 Å². The van der Waals surface area contributed by atoms with Gasteiger partial charge in [0.1, 0.15) is 12.6 Å². The van der Waals surface area contributed by atoms with Crippen molar-refractivity contribution in [3.05, 3.63) is 41.7 Å². The Morgan fingerprint density at radius 1 is 1.35 bits per heavy atom. The Kier molecular flexibility index (Phi) is 4.97. The number of nitrogens with one attached hydrogen (secondary N) is 1. The van der Waals surface area contributed by atoms with Gasteiger partial charge in [-0.25, -0.2) is 9.97 Å². The Morgan fingerprint density at radius 3 is 2.83 bits per heavy atom. The first-order chi connectivity index (χ1) is 11.2. The molecule has 0 spiro atoms. The molecule has 1 atom stereocenters. The first kappa shape index (κ1) is 15.6. The van der Waals surface area contributed by atoms with Crippen LogP contribution in [-0.2, 0) is 22.6 Å². The summed E-state index contributed by atoms with van der Waals surface area (Å²) >= 11 is 0. The largest absolute Gasteiger partial charge is 0.370 e. The number of rotatable bonds is 5. The maximum Gasteiger partial charge on any atom is 0.241 e. The zero-order chi connectivity index (χ0) is 16.1. The molecule has 7 heteroatoms. The van der Waals surface area contributed by atoms with Crippen molar-refractivity contribution in [1.29, 1.82) is 0 Å². The molecule has 1 saturated heterocycles. The summed E-state index contributed by atoms with van der Waals surface area (Å²) in [6.07, 6.45) is 10.3. The van der Waals surface area contributed by atoms with Crippen molar-refractivity contribution in [2.24, 2.45) is 0 Å². The van der Waals surface area contributed by atoms with Crippen LogP contribution in [0.25, 0.3) is 0 Å². The molecular formula is C16H21N5O2. The van der Waals surface area contributed by atoms with Crippen molar-refractivity contribution in [3.63, 3.8) is 0 Å². The number of amides is 1. The molecule has 1 fully saturated rings. The third-order valence-corrected chi connectivity index (χ3v) is 3.75. The maximum absolute atomic E-state index is 11.9. The lowest BCUT2D eigenvalue weighted by atomic mass is 10.1. The molecule has 122 valence electrons. The topological polar surface area (TPSA) is 81.9 Å². The fraction of sp³-hybridized carbons (Fsp3) is 0.500. The molecule has 0 aromatic carbocycles. The second-order valence-electron chi connectivity index (χ2n) is 5.80. The van der Waals surface area contributed by atoms with E-state index in [0.717, 1.165) is 42.8 Å². The molecule has 2 aromatic heterocycles. The van der Waals surface area contributed by atoms with Crippen LogP contribution in [0.2, 0.25) is 0 Å². The van der Waals surface area contributed by atoms with Gasteiger partial charge in [0.25, 0.3) is 0 Å². The zero-order valence-electron chi connectivity index (χ0n) is 13.2. The average Bonchev–Trinajstić information content (AvgIpc) is 2.99. The third-order valence-electron chi connectivity index (χ3n) is 3.75. The summed E-state index contributed by atoms with van der Waals surface area (Å²) in [7, 11) is 0. The van der Waals surface area contributed by atoms with Gasteiger partial charge < -0.3 is 10.1 Å². The third kappa shape index (κ3) is 4.35. The summed E-state index contributed by atoms with van der Waals surface area (Å²) < 4.78 is 7.28. The fourth-order valence-electron chi connectivity index (χ4n) is 2.52. The van der Waals surface area contributed by atoms with Crippen LogP contribution in [0.4, 0.5) is 0 Å². The highest BCUT2D eigenvalue weighted by atomic mass is 16.5. The van der Waals surface area contributed by atoms with Gasteiger partial charge in [-0.2, -0.15) is 5.10 Å². The molecule has 0 unspecified atom stereocenters. The minimum Gasteiger partial charge on any atom is -0.370 e. The molecule has 0 radical (unpaired) electrons. The maximum atomic E-state index is 11.9. The van der Waals surface area contributed by atoms with Crippen LogP contribution in [0.5, 0.6) is 0 Å². The van der Waals surface area contributed by atoms with E-state index in [-0.39, 0.29) is 18.6 Å². The van der Waals surface area contributed by atoms with Crippen LogP contribution in [0.3, 0.4) is 0 Å². The van der Waals surface area contributed by atoms with Gasteiger partial charge in [-0.3, -0.25) is 9.48 Å². The van der Waals surface area contributed by atoms with Crippen molar-refractivity contribution >= 4 is 5.91 Å². The quantitative estimate of drug-likeness (QED) is 0.905. The molecule has 1 amide bonds. The number of aromatic nitrogens is 4. The number of ether oxygens (including phenoxy) is 1. The van der Waals surface area contributed by atoms with E-state index < -0.39 is 0 Å². The van der Waals surface area contributed by atoms with Gasteiger partial charge >= 0.3 is 0 Å². The molecule has 7 nitrogen and oxygen atoms in total. The summed E-state index contributed by atoms with van der Waals surface area (Å²) in [4.78, 5) is 20.6. The van der Waals surface area contributed by atoms with Gasteiger partial charge in [-0.05, 0) is 31.7 Å². The van der Waals surface area contributed by atoms with E-state index in [4.69, 9.17) is 4.74 Å². The minimum atomic E-state index is -0.0900. The number of nitrogens with zero attached hydrogens (tertiary/aromatic N) is 4. The molecule has 0 saturated carbocycles. The van der Waals surface area contributed by atoms with Crippen molar-refractivity contribution in [1.82, 2.24) is 25.1 Å². The van der Waals surface area contributed by atoms with E-state index in [2.05, 4.69) is 20.4 Å². The number of carbonyl (C=O) groups excluding carboxylic acids is 1. The minimum absolute atomic E-state index is 0.00967. The Balaban J connectivity index is 1.49. The summed E-state index contributed by atoms with van der Waals surface area (Å²) in [5, 5.41) is 6.94. The second kappa shape index (κ2) is 7.32. The van der Waals surface area contributed by atoms with Crippen LogP contribution in [-0.4, -0.2) is 32.3 Å². The normalized spacial score (nSPS) is 17.9. The molecule has 1 N–H and O–H groups in total. The van der Waals surface area contributed by atoms with Gasteiger partial charge in [-0.15, -0.1) is 0 Å². The van der Waals surface area contributed by atoms with Gasteiger partial charge in [0, 0.05) is 37.3 Å². The van der Waals surface area contributed by atoms with E-state index in [1.807, 2.05) is 13.1 Å². The zero-order valence-corrected chi connectivity index (χ0v) is 13.2. The number of hydrogen-bond donors (Lipinski definition) is 1. The van der Waals surface area contributed by atoms with E-state index in [1.165, 1.54) is 0 Å². The monoisotopic (exact) mass is 315 g/mol. The SMILES string of the molecule is Cc1cnn(CC(=O)NCc2cnc([C@@H]3CCCCO3)nc2)c1. The molecule has 0 aliphatic carbocycles. The van der Waals surface area contributed by atoms with Crippen molar-refractivity contribution < 1.29 is 9.53 Å². The average molecular weight is 315 g/mol. The lowest BCUT2D eigenvalue weighted by Gasteiger charge is -2.21. The number of hydrogen-bond acceptors (Lipinski definition) is 5. The first-order valence-corrected chi connectivity index (χ1v) is 7.89. The van der Waals surface area contributed by atoms with Crippen molar-refractivity contribution in [2.45, 2.75) is 45.4 Å². The second-order valence-corrected chi connectivity index (χ2v) is 5.80. The van der Waals surface area contributed by atoms with Crippen LogP contribution in [0.1, 0.15) is 42.3 Å². The molecule has 23 heavy (non-hydrogen) atoms. The standard InChI is InChI=1S/C16H21N5O2/c1-12-6-20-21(10-12)11-15(22)17-7-13-8-18-16(19-9-13)14-4-2-3-5-23-14/h6,8-10,14H,2-5,7,11H2,1H3,(H,17,22)/t14-/m0/s1. The lowest BCUT2D eigenvalue weighted by molar-refractivity contribution is -0.122. The summed E-state index contributed by atoms with van der Waals surface area (Å²) in [5.41, 5.74) is 1.90. The highest BCUT2D eigenvalue weighted by molar-refractivity contribution is 5.75. The highest BCUT2D eigenvalue weighted by Crippen LogP contribution is 2.24. The summed E-state index contributed by atoms with van der Waals surface area (Å²) in [5.74, 6) is 0.639. The predicted molar refractivity (Wildman–Crippen MR) is 83.4 cm³/mol. The van der Waals surface area contributed by atoms with E-state index in [1.54, 1.807) is 23.3 Å². The van der Waals surface area contributed by atoms with Crippen LogP contribution < -0.4 is 5.32 Å². The Morgan fingerprint density at radius 2 is 2.17 bits per heavy atom. The van der Waals surface area contributed by atoms with Crippen LogP contribution >= 0.6 is 0 Å². The van der Waals surface area contributed by atoms with Crippen LogP contribution in [0.15, 0.2) is 24.8 Å². The molecule has 1 aliphatic heterocycles. The lowest BCUT2D eigenvalue weighted by Crippen LogP contribution is -2.27. The Hall–Kier alpha value is -2.28. The van der Waals surface area contributed by atoms with E-state index >= 15 is 0 Å². The first-order valence-electron chi connectivity index (χ1n) is 7.89. The molecular weight excluding hydrogens is 294 g/mol. The molecule has 3 rings (SSSR count). The molecule has 0 bridgehead atoms. The fourth-order valence-corrected chi connectivity index (χ4v) is 2.52. The smallest absolute Gasteiger partial charge is 0.241 e. The molecule has 1 aliphatic rings. The number of carbonyl (C=O) groups is 1. The van der Waals surface area contributed by atoms with Crippen LogP contribution in [0, 0.1) is 6.92 Å². The Labute approximate surface area is 135 Å². The Bertz CT molecular complexity index is 647. The van der Waals surface area contributed by atoms with E-state index in [9.17, 15) is 4.79 Å². The molecule has 3 heterocycles. The highest BCUT2D eigenvalue weighted by Gasteiger charge is 2.18. The summed E-state index contributed by atoms with van der Waals surface area (Å²) in [6, 6.07) is 0. The number of aryl methyl sites for hydroxylation is 1. The summed E-state index contributed by atoms with van der Waals surface area (Å²) in [6.45, 7) is 3.34.